The van der Waals surface area contributed by atoms with Crippen LogP contribution in [0.4, 0.5) is 11.4 Å². The predicted octanol–water partition coefficient (Wildman–Crippen LogP) is 8.02. The Morgan fingerprint density at radius 1 is 0.744 bits per heavy atom. The van der Waals surface area contributed by atoms with E-state index >= 15 is 0 Å². The van der Waals surface area contributed by atoms with Gasteiger partial charge >= 0.3 is 0 Å². The molecule has 8 heteroatoms. The Bertz CT molecular complexity index is 1820. The van der Waals surface area contributed by atoms with Gasteiger partial charge in [0.1, 0.15) is 5.70 Å². The van der Waals surface area contributed by atoms with E-state index in [0.717, 1.165) is 21.2 Å². The summed E-state index contributed by atoms with van der Waals surface area (Å²) in [4.78, 5) is 40.3. The molecule has 0 aromatic heterocycles. The summed E-state index contributed by atoms with van der Waals surface area (Å²) < 4.78 is 0. The van der Waals surface area contributed by atoms with Crippen LogP contribution in [-0.4, -0.2) is 23.0 Å². The fourth-order valence-corrected chi connectivity index (χ4v) is 5.50. The van der Waals surface area contributed by atoms with E-state index in [1.165, 1.54) is 11.8 Å². The zero-order valence-electron chi connectivity index (χ0n) is 23.2. The molecule has 0 saturated carbocycles. The highest BCUT2D eigenvalue weighted by Crippen LogP contribution is 2.28. The van der Waals surface area contributed by atoms with Crippen molar-refractivity contribution in [3.8, 4) is 0 Å². The molecule has 3 N–H and O–H groups in total. The maximum atomic E-state index is 13.6. The van der Waals surface area contributed by atoms with Gasteiger partial charge in [0.2, 0.25) is 5.91 Å². The van der Waals surface area contributed by atoms with Gasteiger partial charge in [0.15, 0.2) is 0 Å². The topological polar surface area (TPSA) is 87.3 Å². The smallest absolute Gasteiger partial charge is 0.272 e. The van der Waals surface area contributed by atoms with Crippen molar-refractivity contribution in [3.05, 3.63) is 143 Å². The number of anilines is 2. The number of benzene rings is 5. The molecule has 0 radical (unpaired) electrons. The molecule has 1 atom stereocenters. The average Bonchev–Trinajstić information content (AvgIpc) is 3.01. The molecule has 0 saturated heterocycles. The molecule has 0 fully saturated rings. The fourth-order valence-electron chi connectivity index (χ4n) is 4.39. The molecule has 5 rings (SSSR count). The van der Waals surface area contributed by atoms with Crippen molar-refractivity contribution in [2.75, 3.05) is 10.6 Å². The number of carbonyl (C=O) groups is 3. The number of nitrogens with one attached hydrogen (secondary N) is 3. The molecule has 0 spiro atoms. The van der Waals surface area contributed by atoms with Crippen molar-refractivity contribution >= 4 is 69.3 Å². The maximum Gasteiger partial charge on any atom is 0.272 e. The van der Waals surface area contributed by atoms with E-state index < -0.39 is 17.1 Å². The van der Waals surface area contributed by atoms with Gasteiger partial charge in [-0.05, 0) is 77.9 Å². The Hall–Kier alpha value is -4.85. The third-order valence-corrected chi connectivity index (χ3v) is 7.85. The Balaban J connectivity index is 1.35. The molecule has 0 aliphatic rings. The molecule has 6 nitrogen and oxygen atoms in total. The molecular formula is C35H28ClN3O3S. The van der Waals surface area contributed by atoms with Crippen LogP contribution in [0.3, 0.4) is 0 Å². The van der Waals surface area contributed by atoms with E-state index in [-0.39, 0.29) is 11.6 Å². The van der Waals surface area contributed by atoms with Crippen molar-refractivity contribution in [2.45, 2.75) is 17.1 Å². The van der Waals surface area contributed by atoms with Gasteiger partial charge in [-0.1, -0.05) is 84.4 Å². The monoisotopic (exact) mass is 605 g/mol. The normalized spacial score (nSPS) is 11.9. The van der Waals surface area contributed by atoms with Crippen molar-refractivity contribution in [1.29, 1.82) is 0 Å². The minimum absolute atomic E-state index is 0.0949. The number of hydrogen-bond acceptors (Lipinski definition) is 4. The Morgan fingerprint density at radius 3 is 2.21 bits per heavy atom. The third kappa shape index (κ3) is 7.92. The molecule has 5 aromatic rings. The highest BCUT2D eigenvalue weighted by molar-refractivity contribution is 8.00. The zero-order valence-corrected chi connectivity index (χ0v) is 24.8. The molecule has 5 aromatic carbocycles. The fraction of sp³-hybridized carbons (Fsp3) is 0.0571. The van der Waals surface area contributed by atoms with Crippen LogP contribution in [0.15, 0.2) is 132 Å². The molecule has 43 heavy (non-hydrogen) atoms. The second-order valence-corrected chi connectivity index (χ2v) is 11.5. The number of fused-ring (bicyclic) bond motifs is 1. The molecule has 214 valence electrons. The lowest BCUT2D eigenvalue weighted by Gasteiger charge is -2.14. The summed E-state index contributed by atoms with van der Waals surface area (Å²) in [6.07, 6.45) is 1.68. The minimum atomic E-state index is -0.480. The third-order valence-electron chi connectivity index (χ3n) is 6.52. The first-order chi connectivity index (χ1) is 20.9. The predicted molar refractivity (Wildman–Crippen MR) is 176 cm³/mol. The van der Waals surface area contributed by atoms with Gasteiger partial charge in [0.25, 0.3) is 11.8 Å². The summed E-state index contributed by atoms with van der Waals surface area (Å²) in [5.41, 5.74) is 2.46. The molecule has 3 amide bonds. The van der Waals surface area contributed by atoms with Crippen LogP contribution in [0.2, 0.25) is 5.02 Å². The van der Waals surface area contributed by atoms with Gasteiger partial charge in [-0.3, -0.25) is 14.4 Å². The van der Waals surface area contributed by atoms with Crippen molar-refractivity contribution in [1.82, 2.24) is 5.32 Å². The Morgan fingerprint density at radius 2 is 1.42 bits per heavy atom. The standard InChI is InChI=1S/C35H28ClN3O3S/c1-23(33(40)37-28-16-8-15-27(36)21-28)43-30-18-9-17-29(22-30)38-35(42)32(39-34(41)25-11-3-2-4-12-25)20-26-14-7-13-24-10-5-6-19-31(24)26/h2-23H,1H3,(H,37,40)(H,38,42)(H,39,41)/b32-20+. The van der Waals surface area contributed by atoms with Crippen LogP contribution in [0.5, 0.6) is 0 Å². The van der Waals surface area contributed by atoms with Crippen LogP contribution in [-0.2, 0) is 9.59 Å². The molecule has 0 heterocycles. The highest BCUT2D eigenvalue weighted by atomic mass is 35.5. The SMILES string of the molecule is CC(Sc1cccc(NC(=O)/C(=C\c2cccc3ccccc23)NC(=O)c2ccccc2)c1)C(=O)Nc1cccc(Cl)c1. The lowest BCUT2D eigenvalue weighted by atomic mass is 10.0. The second-order valence-electron chi connectivity index (χ2n) is 9.69. The summed E-state index contributed by atoms with van der Waals surface area (Å²) in [6, 6.07) is 36.6. The Kier molecular flexibility index (Phi) is 9.56. The first-order valence-electron chi connectivity index (χ1n) is 13.6. The molecule has 1 unspecified atom stereocenters. The van der Waals surface area contributed by atoms with E-state index in [1.807, 2.05) is 54.6 Å². The van der Waals surface area contributed by atoms with Crippen LogP contribution < -0.4 is 16.0 Å². The summed E-state index contributed by atoms with van der Waals surface area (Å²) >= 11 is 7.39. The van der Waals surface area contributed by atoms with Gasteiger partial charge in [0.05, 0.1) is 5.25 Å². The van der Waals surface area contributed by atoms with Gasteiger partial charge in [-0.25, -0.2) is 0 Å². The number of hydrogen-bond donors (Lipinski definition) is 3. The Labute approximate surface area is 259 Å². The van der Waals surface area contributed by atoms with Crippen molar-refractivity contribution in [3.63, 3.8) is 0 Å². The van der Waals surface area contributed by atoms with E-state index in [0.29, 0.717) is 22.0 Å². The van der Waals surface area contributed by atoms with Gasteiger partial charge in [-0.15, -0.1) is 11.8 Å². The summed E-state index contributed by atoms with van der Waals surface area (Å²) in [5.74, 6) is -1.05. The quantitative estimate of drug-likeness (QED) is 0.117. The number of thioether (sulfide) groups is 1. The molecule has 0 aliphatic carbocycles. The molecular weight excluding hydrogens is 578 g/mol. The lowest BCUT2D eigenvalue weighted by molar-refractivity contribution is -0.115. The minimum Gasteiger partial charge on any atom is -0.325 e. The van der Waals surface area contributed by atoms with Gasteiger partial charge < -0.3 is 16.0 Å². The van der Waals surface area contributed by atoms with Crippen molar-refractivity contribution in [2.24, 2.45) is 0 Å². The zero-order chi connectivity index (χ0) is 30.2. The molecule has 0 aliphatic heterocycles. The van der Waals surface area contributed by atoms with Crippen LogP contribution in [0.25, 0.3) is 16.8 Å². The van der Waals surface area contributed by atoms with Crippen molar-refractivity contribution < 1.29 is 14.4 Å². The number of halogens is 1. The van der Waals surface area contributed by atoms with Crippen LogP contribution >= 0.6 is 23.4 Å². The highest BCUT2D eigenvalue weighted by Gasteiger charge is 2.18. The largest absolute Gasteiger partial charge is 0.325 e. The van der Waals surface area contributed by atoms with Gasteiger partial charge in [-0.2, -0.15) is 0 Å². The maximum absolute atomic E-state index is 13.6. The molecule has 0 bridgehead atoms. The van der Waals surface area contributed by atoms with E-state index in [4.69, 9.17) is 11.6 Å². The summed E-state index contributed by atoms with van der Waals surface area (Å²) in [6.45, 7) is 1.81. The first kappa shape index (κ1) is 29.6. The summed E-state index contributed by atoms with van der Waals surface area (Å²) in [7, 11) is 0. The van der Waals surface area contributed by atoms with E-state index in [1.54, 1.807) is 79.7 Å². The van der Waals surface area contributed by atoms with E-state index in [9.17, 15) is 14.4 Å². The average molecular weight is 606 g/mol. The summed E-state index contributed by atoms with van der Waals surface area (Å²) in [5, 5.41) is 10.7. The lowest BCUT2D eigenvalue weighted by Crippen LogP contribution is -2.30. The number of carbonyl (C=O) groups excluding carboxylic acids is 3. The van der Waals surface area contributed by atoms with Crippen LogP contribution in [0.1, 0.15) is 22.8 Å². The number of amides is 3. The number of rotatable bonds is 9. The van der Waals surface area contributed by atoms with E-state index in [2.05, 4.69) is 16.0 Å². The van der Waals surface area contributed by atoms with Gasteiger partial charge in [0, 0.05) is 26.9 Å². The first-order valence-corrected chi connectivity index (χ1v) is 14.8. The second kappa shape index (κ2) is 13.9. The van der Waals surface area contributed by atoms with Crippen LogP contribution in [0, 0.1) is 0 Å².